The zero-order valence-corrected chi connectivity index (χ0v) is 15.0. The van der Waals surface area contributed by atoms with Gasteiger partial charge in [0.05, 0.1) is 0 Å². The number of aromatic carboxylic acids is 1. The van der Waals surface area contributed by atoms with Crippen LogP contribution in [0.25, 0.3) is 0 Å². The predicted molar refractivity (Wildman–Crippen MR) is 94.1 cm³/mol. The van der Waals surface area contributed by atoms with E-state index in [1.165, 1.54) is 11.8 Å². The third-order valence-corrected chi connectivity index (χ3v) is 4.98. The van der Waals surface area contributed by atoms with Crippen LogP contribution >= 0.6 is 23.4 Å². The highest BCUT2D eigenvalue weighted by atomic mass is 35.5. The zero-order chi connectivity index (χ0) is 17.4. The molecule has 0 aromatic heterocycles. The van der Waals surface area contributed by atoms with Gasteiger partial charge in [-0.25, -0.2) is 4.79 Å². The molecule has 0 bridgehead atoms. The molecule has 0 fully saturated rings. The maximum absolute atomic E-state index is 11.6. The molecule has 23 heavy (non-hydrogen) atoms. The van der Waals surface area contributed by atoms with Crippen molar-refractivity contribution in [1.82, 2.24) is 0 Å². The quantitative estimate of drug-likeness (QED) is 0.767. The van der Waals surface area contributed by atoms with E-state index < -0.39 is 5.97 Å². The molecule has 0 unspecified atom stereocenters. The third kappa shape index (κ3) is 3.82. The first-order valence-corrected chi connectivity index (χ1v) is 8.34. The lowest BCUT2D eigenvalue weighted by atomic mass is 9.84. The molecule has 0 spiro atoms. The third-order valence-electron chi connectivity index (χ3n) is 3.58. The standard InChI is InChI=1S/C18H19ClO3S/c1-10-14(23-12-7-5-11(19)6-8-12)9-13(18(2,3)4)16(20)15(10)17(21)22/h5-9,20H,1-4H3,(H,21,22). The van der Waals surface area contributed by atoms with Gasteiger partial charge in [-0.05, 0) is 48.2 Å². The Morgan fingerprint density at radius 3 is 2.22 bits per heavy atom. The molecule has 3 nitrogen and oxygen atoms in total. The van der Waals surface area contributed by atoms with E-state index in [1.54, 1.807) is 19.1 Å². The highest BCUT2D eigenvalue weighted by molar-refractivity contribution is 7.99. The molecule has 2 rings (SSSR count). The average Bonchev–Trinajstić information content (AvgIpc) is 2.42. The fourth-order valence-corrected chi connectivity index (χ4v) is 3.40. The number of carboxylic acids is 1. The van der Waals surface area contributed by atoms with Crippen LogP contribution in [0.15, 0.2) is 40.1 Å². The molecule has 0 saturated carbocycles. The predicted octanol–water partition coefficient (Wildman–Crippen LogP) is 5.50. The first-order chi connectivity index (χ1) is 10.6. The Morgan fingerprint density at radius 2 is 1.74 bits per heavy atom. The number of hydrogen-bond donors (Lipinski definition) is 2. The van der Waals surface area contributed by atoms with Crippen molar-refractivity contribution in [2.24, 2.45) is 0 Å². The number of halogens is 1. The molecule has 2 aromatic carbocycles. The van der Waals surface area contributed by atoms with Crippen molar-refractivity contribution >= 4 is 29.3 Å². The molecule has 2 aromatic rings. The second-order valence-corrected chi connectivity index (χ2v) is 7.93. The van der Waals surface area contributed by atoms with Gasteiger partial charge in [0, 0.05) is 20.4 Å². The molecule has 122 valence electrons. The van der Waals surface area contributed by atoms with Crippen LogP contribution in [0.2, 0.25) is 5.02 Å². The molecular weight excluding hydrogens is 332 g/mol. The fraction of sp³-hybridized carbons (Fsp3) is 0.278. The van der Waals surface area contributed by atoms with Gasteiger partial charge in [-0.2, -0.15) is 0 Å². The van der Waals surface area contributed by atoms with Crippen molar-refractivity contribution in [2.75, 3.05) is 0 Å². The average molecular weight is 351 g/mol. The highest BCUT2D eigenvalue weighted by Crippen LogP contribution is 2.41. The van der Waals surface area contributed by atoms with Crippen LogP contribution in [0.3, 0.4) is 0 Å². The first-order valence-electron chi connectivity index (χ1n) is 7.15. The number of carboxylic acid groups (broad SMARTS) is 1. The van der Waals surface area contributed by atoms with Gasteiger partial charge in [0.15, 0.2) is 0 Å². The Kier molecular flexibility index (Phi) is 4.97. The van der Waals surface area contributed by atoms with E-state index >= 15 is 0 Å². The molecule has 2 N–H and O–H groups in total. The Bertz CT molecular complexity index is 746. The Labute approximate surface area is 145 Å². The normalized spacial score (nSPS) is 11.5. The summed E-state index contributed by atoms with van der Waals surface area (Å²) in [6.07, 6.45) is 0. The minimum absolute atomic E-state index is 0.0334. The van der Waals surface area contributed by atoms with Crippen LogP contribution in [0, 0.1) is 6.92 Å². The van der Waals surface area contributed by atoms with Gasteiger partial charge in [-0.1, -0.05) is 44.1 Å². The highest BCUT2D eigenvalue weighted by Gasteiger charge is 2.26. The van der Waals surface area contributed by atoms with Crippen LogP contribution < -0.4 is 0 Å². The summed E-state index contributed by atoms with van der Waals surface area (Å²) in [5.74, 6) is -1.27. The van der Waals surface area contributed by atoms with Crippen LogP contribution in [0.1, 0.15) is 42.3 Å². The number of carbonyl (C=O) groups is 1. The van der Waals surface area contributed by atoms with Gasteiger partial charge in [-0.3, -0.25) is 0 Å². The SMILES string of the molecule is Cc1c(Sc2ccc(Cl)cc2)cc(C(C)(C)C)c(O)c1C(=O)O. The van der Waals surface area contributed by atoms with E-state index in [1.807, 2.05) is 39.0 Å². The van der Waals surface area contributed by atoms with Crippen LogP contribution in [-0.4, -0.2) is 16.2 Å². The minimum Gasteiger partial charge on any atom is -0.507 e. The van der Waals surface area contributed by atoms with Gasteiger partial charge < -0.3 is 10.2 Å². The summed E-state index contributed by atoms with van der Waals surface area (Å²) in [7, 11) is 0. The summed E-state index contributed by atoms with van der Waals surface area (Å²) in [4.78, 5) is 13.4. The summed E-state index contributed by atoms with van der Waals surface area (Å²) in [6.45, 7) is 7.55. The second-order valence-electron chi connectivity index (χ2n) is 6.38. The van der Waals surface area contributed by atoms with Gasteiger partial charge in [0.2, 0.25) is 0 Å². The van der Waals surface area contributed by atoms with Gasteiger partial charge in [-0.15, -0.1) is 0 Å². The minimum atomic E-state index is -1.12. The van der Waals surface area contributed by atoms with Crippen LogP contribution in [-0.2, 0) is 5.41 Å². The summed E-state index contributed by atoms with van der Waals surface area (Å²) in [6, 6.07) is 9.23. The second kappa shape index (κ2) is 6.46. The maximum Gasteiger partial charge on any atom is 0.339 e. The number of hydrogen-bond acceptors (Lipinski definition) is 3. The number of aromatic hydroxyl groups is 1. The van der Waals surface area contributed by atoms with E-state index in [0.717, 1.165) is 9.79 Å². The molecule has 0 saturated heterocycles. The number of phenols is 1. The van der Waals surface area contributed by atoms with E-state index in [4.69, 9.17) is 11.6 Å². The van der Waals surface area contributed by atoms with Crippen molar-refractivity contribution in [2.45, 2.75) is 42.9 Å². The Balaban J connectivity index is 2.61. The van der Waals surface area contributed by atoms with Crippen molar-refractivity contribution < 1.29 is 15.0 Å². The smallest absolute Gasteiger partial charge is 0.339 e. The van der Waals surface area contributed by atoms with Crippen molar-refractivity contribution in [3.63, 3.8) is 0 Å². The van der Waals surface area contributed by atoms with Crippen LogP contribution in [0.5, 0.6) is 5.75 Å². The van der Waals surface area contributed by atoms with Crippen LogP contribution in [0.4, 0.5) is 0 Å². The molecule has 0 heterocycles. The van der Waals surface area contributed by atoms with E-state index in [9.17, 15) is 15.0 Å². The molecule has 0 radical (unpaired) electrons. The molecule has 0 aliphatic rings. The fourth-order valence-electron chi connectivity index (χ4n) is 2.31. The topological polar surface area (TPSA) is 57.5 Å². The molecule has 0 atom stereocenters. The number of rotatable bonds is 3. The maximum atomic E-state index is 11.6. The van der Waals surface area contributed by atoms with Crippen molar-refractivity contribution in [3.8, 4) is 5.75 Å². The summed E-state index contributed by atoms with van der Waals surface area (Å²) >= 11 is 7.36. The van der Waals surface area contributed by atoms with Crippen molar-refractivity contribution in [3.05, 3.63) is 52.0 Å². The van der Waals surface area contributed by atoms with Gasteiger partial charge in [0.1, 0.15) is 11.3 Å². The zero-order valence-electron chi connectivity index (χ0n) is 13.5. The summed E-state index contributed by atoms with van der Waals surface area (Å²) in [5.41, 5.74) is 0.783. The van der Waals surface area contributed by atoms with Gasteiger partial charge >= 0.3 is 5.97 Å². The monoisotopic (exact) mass is 350 g/mol. The largest absolute Gasteiger partial charge is 0.507 e. The lowest BCUT2D eigenvalue weighted by Crippen LogP contribution is -2.14. The van der Waals surface area contributed by atoms with E-state index in [-0.39, 0.29) is 16.7 Å². The first kappa shape index (κ1) is 17.7. The lowest BCUT2D eigenvalue weighted by molar-refractivity contribution is 0.0692. The number of benzene rings is 2. The van der Waals surface area contributed by atoms with Crippen molar-refractivity contribution in [1.29, 1.82) is 0 Å². The summed E-state index contributed by atoms with van der Waals surface area (Å²) < 4.78 is 0. The molecule has 5 heteroatoms. The molecule has 0 amide bonds. The lowest BCUT2D eigenvalue weighted by Gasteiger charge is -2.24. The van der Waals surface area contributed by atoms with E-state index in [2.05, 4.69) is 0 Å². The van der Waals surface area contributed by atoms with E-state index in [0.29, 0.717) is 16.1 Å². The molecule has 0 aliphatic heterocycles. The Hall–Kier alpha value is -1.65. The summed E-state index contributed by atoms with van der Waals surface area (Å²) in [5, 5.41) is 20.5. The molecule has 0 aliphatic carbocycles. The molecular formula is C18H19ClO3S. The van der Waals surface area contributed by atoms with Gasteiger partial charge in [0.25, 0.3) is 0 Å². The Morgan fingerprint density at radius 1 is 1.17 bits per heavy atom.